The molecule has 2 rings (SSSR count). The number of aryl methyl sites for hydroxylation is 1. The Morgan fingerprint density at radius 1 is 1.15 bits per heavy atom. The molecule has 0 aliphatic rings. The number of alkyl halides is 3. The van der Waals surface area contributed by atoms with Gasteiger partial charge in [0.1, 0.15) is 5.82 Å². The number of pyridine rings is 1. The van der Waals surface area contributed by atoms with Crippen LogP contribution >= 0.6 is 0 Å². The molecule has 0 radical (unpaired) electrons. The first-order chi connectivity index (χ1) is 12.2. The Balaban J connectivity index is 2.10. The number of hydrogen-bond acceptors (Lipinski definition) is 3. The van der Waals surface area contributed by atoms with Crippen molar-refractivity contribution in [2.75, 3.05) is 5.32 Å². The lowest BCUT2D eigenvalue weighted by atomic mass is 10.1. The van der Waals surface area contributed by atoms with Crippen molar-refractivity contribution < 1.29 is 22.8 Å². The molecular weight excluding hydrogens is 347 g/mol. The van der Waals surface area contributed by atoms with E-state index in [9.17, 15) is 22.8 Å². The van der Waals surface area contributed by atoms with Gasteiger partial charge in [0, 0.05) is 24.2 Å². The number of nitrogens with one attached hydrogen (secondary N) is 2. The number of carbonyl (C=O) groups excluding carboxylic acids is 2. The van der Waals surface area contributed by atoms with Gasteiger partial charge in [0.2, 0.25) is 5.91 Å². The van der Waals surface area contributed by atoms with Gasteiger partial charge in [0.15, 0.2) is 0 Å². The molecular formula is C18H18F3N3O2. The fraction of sp³-hybridized carbons (Fsp3) is 0.278. The summed E-state index contributed by atoms with van der Waals surface area (Å²) in [4.78, 5) is 27.9. The standard InChI is InChI=1S/C18H18F3N3O2/c1-3-16(25)24-15-9-13(7-11(2)23-15)17(26)22-10-12-5-4-6-14(8-12)18(19,20)21/h4-9H,3,10H2,1-2H3,(H,22,26)(H,23,24,25). The molecule has 0 unspecified atom stereocenters. The van der Waals surface area contributed by atoms with Gasteiger partial charge in [-0.3, -0.25) is 9.59 Å². The summed E-state index contributed by atoms with van der Waals surface area (Å²) in [6, 6.07) is 7.70. The summed E-state index contributed by atoms with van der Waals surface area (Å²) in [7, 11) is 0. The second kappa shape index (κ2) is 7.99. The van der Waals surface area contributed by atoms with E-state index in [2.05, 4.69) is 15.6 Å². The van der Waals surface area contributed by atoms with Crippen LogP contribution < -0.4 is 10.6 Å². The largest absolute Gasteiger partial charge is 0.416 e. The van der Waals surface area contributed by atoms with Crippen molar-refractivity contribution in [1.82, 2.24) is 10.3 Å². The Morgan fingerprint density at radius 3 is 2.54 bits per heavy atom. The second-order valence-electron chi connectivity index (χ2n) is 5.66. The van der Waals surface area contributed by atoms with E-state index in [1.807, 2.05) is 0 Å². The number of halogens is 3. The molecule has 1 aromatic heterocycles. The van der Waals surface area contributed by atoms with Crippen molar-refractivity contribution in [3.8, 4) is 0 Å². The van der Waals surface area contributed by atoms with E-state index in [0.717, 1.165) is 12.1 Å². The number of amides is 2. The molecule has 1 heterocycles. The van der Waals surface area contributed by atoms with Crippen molar-refractivity contribution >= 4 is 17.6 Å². The molecule has 1 aromatic carbocycles. The van der Waals surface area contributed by atoms with Gasteiger partial charge >= 0.3 is 6.18 Å². The molecule has 2 N–H and O–H groups in total. The Bertz CT molecular complexity index is 820. The Morgan fingerprint density at radius 2 is 1.88 bits per heavy atom. The summed E-state index contributed by atoms with van der Waals surface area (Å²) in [5.41, 5.74) is 0.353. The Labute approximate surface area is 148 Å². The molecule has 0 fully saturated rings. The number of rotatable bonds is 5. The van der Waals surface area contributed by atoms with Gasteiger partial charge < -0.3 is 10.6 Å². The monoisotopic (exact) mass is 365 g/mol. The summed E-state index contributed by atoms with van der Waals surface area (Å²) in [5.74, 6) is -0.459. The maximum Gasteiger partial charge on any atom is 0.416 e. The van der Waals surface area contributed by atoms with Crippen LogP contribution in [0, 0.1) is 6.92 Å². The van der Waals surface area contributed by atoms with E-state index < -0.39 is 17.6 Å². The van der Waals surface area contributed by atoms with Crippen molar-refractivity contribution in [3.05, 3.63) is 58.8 Å². The number of aromatic nitrogens is 1. The summed E-state index contributed by atoms with van der Waals surface area (Å²) in [5, 5.41) is 5.14. The number of nitrogens with zero attached hydrogens (tertiary/aromatic N) is 1. The smallest absolute Gasteiger partial charge is 0.348 e. The van der Waals surface area contributed by atoms with Crippen LogP contribution in [0.1, 0.15) is 40.5 Å². The highest BCUT2D eigenvalue weighted by molar-refractivity contribution is 5.96. The van der Waals surface area contributed by atoms with Crippen LogP contribution in [0.3, 0.4) is 0 Å². The predicted molar refractivity (Wildman–Crippen MR) is 90.5 cm³/mol. The van der Waals surface area contributed by atoms with Gasteiger partial charge in [-0.05, 0) is 36.8 Å². The highest BCUT2D eigenvalue weighted by Crippen LogP contribution is 2.29. The minimum atomic E-state index is -4.44. The van der Waals surface area contributed by atoms with Crippen LogP contribution in [0.15, 0.2) is 36.4 Å². The fourth-order valence-corrected chi connectivity index (χ4v) is 2.24. The van der Waals surface area contributed by atoms with Crippen molar-refractivity contribution in [2.45, 2.75) is 33.0 Å². The van der Waals surface area contributed by atoms with Gasteiger partial charge in [-0.1, -0.05) is 19.1 Å². The fourth-order valence-electron chi connectivity index (χ4n) is 2.24. The summed E-state index contributed by atoms with van der Waals surface area (Å²) in [6.45, 7) is 3.31. The number of anilines is 1. The minimum absolute atomic E-state index is 0.0548. The minimum Gasteiger partial charge on any atom is -0.348 e. The molecule has 0 spiro atoms. The summed E-state index contributed by atoms with van der Waals surface area (Å²) in [6.07, 6.45) is -4.17. The molecule has 2 aromatic rings. The maximum atomic E-state index is 12.7. The molecule has 5 nitrogen and oxygen atoms in total. The van der Waals surface area contributed by atoms with Crippen molar-refractivity contribution in [3.63, 3.8) is 0 Å². The molecule has 0 atom stereocenters. The molecule has 0 bridgehead atoms. The first kappa shape index (κ1) is 19.4. The Hall–Kier alpha value is -2.90. The van der Waals surface area contributed by atoms with Crippen LogP contribution in [0.25, 0.3) is 0 Å². The zero-order valence-electron chi connectivity index (χ0n) is 14.3. The van der Waals surface area contributed by atoms with Crippen LogP contribution in [-0.2, 0) is 17.5 Å². The quantitative estimate of drug-likeness (QED) is 0.849. The molecule has 8 heteroatoms. The van der Waals surface area contributed by atoms with Gasteiger partial charge in [-0.15, -0.1) is 0 Å². The van der Waals surface area contributed by atoms with E-state index in [0.29, 0.717) is 11.3 Å². The van der Waals surface area contributed by atoms with Crippen LogP contribution in [0.2, 0.25) is 0 Å². The topological polar surface area (TPSA) is 71.1 Å². The van der Waals surface area contributed by atoms with Gasteiger partial charge in [-0.2, -0.15) is 13.2 Å². The lowest BCUT2D eigenvalue weighted by Crippen LogP contribution is -2.23. The molecule has 138 valence electrons. The second-order valence-corrected chi connectivity index (χ2v) is 5.66. The first-order valence-corrected chi connectivity index (χ1v) is 7.92. The predicted octanol–water partition coefficient (Wildman–Crippen LogP) is 3.69. The van der Waals surface area contributed by atoms with E-state index in [1.165, 1.54) is 24.3 Å². The van der Waals surface area contributed by atoms with Gasteiger partial charge in [0.25, 0.3) is 5.91 Å². The number of benzene rings is 1. The maximum absolute atomic E-state index is 12.7. The van der Waals surface area contributed by atoms with Crippen molar-refractivity contribution in [1.29, 1.82) is 0 Å². The van der Waals surface area contributed by atoms with Gasteiger partial charge in [-0.25, -0.2) is 4.98 Å². The zero-order chi connectivity index (χ0) is 19.3. The zero-order valence-corrected chi connectivity index (χ0v) is 14.3. The average Bonchev–Trinajstić information content (AvgIpc) is 2.58. The number of carbonyl (C=O) groups is 2. The molecule has 0 saturated carbocycles. The molecule has 0 aliphatic heterocycles. The van der Waals surface area contributed by atoms with Crippen LogP contribution in [0.5, 0.6) is 0 Å². The summed E-state index contributed by atoms with van der Waals surface area (Å²) >= 11 is 0. The van der Waals surface area contributed by atoms with E-state index in [1.54, 1.807) is 13.8 Å². The lowest BCUT2D eigenvalue weighted by Gasteiger charge is -2.11. The average molecular weight is 365 g/mol. The highest BCUT2D eigenvalue weighted by Gasteiger charge is 2.30. The van der Waals surface area contributed by atoms with E-state index >= 15 is 0 Å². The molecule has 26 heavy (non-hydrogen) atoms. The Kier molecular flexibility index (Phi) is 5.97. The number of hydrogen-bond donors (Lipinski definition) is 2. The van der Waals surface area contributed by atoms with Crippen LogP contribution in [-0.4, -0.2) is 16.8 Å². The summed E-state index contributed by atoms with van der Waals surface area (Å²) < 4.78 is 38.2. The third kappa shape index (κ3) is 5.30. The van der Waals surface area contributed by atoms with Crippen molar-refractivity contribution in [2.24, 2.45) is 0 Å². The SMILES string of the molecule is CCC(=O)Nc1cc(C(=O)NCc2cccc(C(F)(F)F)c2)cc(C)n1. The normalized spacial score (nSPS) is 11.1. The van der Waals surface area contributed by atoms with Crippen LogP contribution in [0.4, 0.5) is 19.0 Å². The van der Waals surface area contributed by atoms with E-state index in [4.69, 9.17) is 0 Å². The van der Waals surface area contributed by atoms with Gasteiger partial charge in [0.05, 0.1) is 5.56 Å². The third-order valence-corrected chi connectivity index (χ3v) is 3.51. The van der Waals surface area contributed by atoms with E-state index in [-0.39, 0.29) is 30.3 Å². The molecule has 0 aliphatic carbocycles. The molecule has 0 saturated heterocycles. The highest BCUT2D eigenvalue weighted by atomic mass is 19.4. The molecule has 2 amide bonds. The lowest BCUT2D eigenvalue weighted by molar-refractivity contribution is -0.137. The third-order valence-electron chi connectivity index (χ3n) is 3.51. The first-order valence-electron chi connectivity index (χ1n) is 7.92.